The van der Waals surface area contributed by atoms with Crippen molar-refractivity contribution >= 4 is 23.3 Å². The van der Waals surface area contributed by atoms with Gasteiger partial charge in [0.2, 0.25) is 0 Å². The lowest BCUT2D eigenvalue weighted by atomic mass is 10.0. The molecule has 2 rings (SSSR count). The minimum absolute atomic E-state index is 0.110. The summed E-state index contributed by atoms with van der Waals surface area (Å²) in [5.74, 6) is -1.05. The van der Waals surface area contributed by atoms with Crippen LogP contribution in [-0.2, 0) is 0 Å². The van der Waals surface area contributed by atoms with E-state index in [0.717, 1.165) is 0 Å². The van der Waals surface area contributed by atoms with E-state index in [9.17, 15) is 4.79 Å². The second-order valence-corrected chi connectivity index (χ2v) is 4.05. The fourth-order valence-electron chi connectivity index (χ4n) is 1.62. The maximum Gasteiger partial charge on any atom is 0.339 e. The Morgan fingerprint density at radius 3 is 2.88 bits per heavy atom. The zero-order valence-corrected chi connectivity index (χ0v) is 9.75. The molecule has 2 aromatic rings. The van der Waals surface area contributed by atoms with Crippen molar-refractivity contribution in [3.05, 3.63) is 34.5 Å². The molecular formula is C11H10ClN3O2. The lowest BCUT2D eigenvalue weighted by molar-refractivity contribution is 0.0697. The number of carbonyl (C=O) groups is 1. The van der Waals surface area contributed by atoms with Crippen molar-refractivity contribution in [1.29, 1.82) is 0 Å². The fraction of sp³-hybridized carbons (Fsp3) is 0.0909. The normalized spacial score (nSPS) is 10.5. The monoisotopic (exact) mass is 251 g/mol. The van der Waals surface area contributed by atoms with E-state index in [1.807, 2.05) is 0 Å². The first kappa shape index (κ1) is 11.5. The van der Waals surface area contributed by atoms with Gasteiger partial charge < -0.3 is 10.8 Å². The third-order valence-corrected chi connectivity index (χ3v) is 2.67. The van der Waals surface area contributed by atoms with Crippen LogP contribution >= 0.6 is 11.6 Å². The quantitative estimate of drug-likeness (QED) is 0.714. The van der Waals surface area contributed by atoms with E-state index < -0.39 is 5.97 Å². The summed E-state index contributed by atoms with van der Waals surface area (Å²) in [6, 6.07) is 4.85. The highest BCUT2D eigenvalue weighted by molar-refractivity contribution is 6.31. The Balaban J connectivity index is 2.68. The largest absolute Gasteiger partial charge is 0.478 e. The van der Waals surface area contributed by atoms with Gasteiger partial charge in [0.05, 0.1) is 0 Å². The van der Waals surface area contributed by atoms with Crippen molar-refractivity contribution in [1.82, 2.24) is 10.2 Å². The number of H-pyrrole nitrogens is 1. The molecule has 1 aromatic heterocycles. The molecular weight excluding hydrogens is 242 g/mol. The Bertz CT molecular complexity index is 592. The Morgan fingerprint density at radius 1 is 1.53 bits per heavy atom. The van der Waals surface area contributed by atoms with Crippen molar-refractivity contribution in [3.8, 4) is 11.3 Å². The lowest BCUT2D eigenvalue weighted by Crippen LogP contribution is -2.00. The zero-order valence-electron chi connectivity index (χ0n) is 8.99. The number of halogens is 1. The molecule has 0 fully saturated rings. The average Bonchev–Trinajstić information content (AvgIpc) is 2.64. The van der Waals surface area contributed by atoms with Gasteiger partial charge in [0, 0.05) is 22.0 Å². The molecule has 0 aliphatic carbocycles. The van der Waals surface area contributed by atoms with Crippen molar-refractivity contribution in [3.63, 3.8) is 0 Å². The number of carboxylic acids is 1. The predicted octanol–water partition coefficient (Wildman–Crippen LogP) is 2.32. The highest BCUT2D eigenvalue weighted by atomic mass is 35.5. The maximum absolute atomic E-state index is 11.1. The maximum atomic E-state index is 11.1. The van der Waals surface area contributed by atoms with E-state index in [-0.39, 0.29) is 5.56 Å². The first-order chi connectivity index (χ1) is 8.00. The molecule has 0 radical (unpaired) electrons. The van der Waals surface area contributed by atoms with Crippen LogP contribution in [0.3, 0.4) is 0 Å². The summed E-state index contributed by atoms with van der Waals surface area (Å²) in [7, 11) is 0. The summed E-state index contributed by atoms with van der Waals surface area (Å²) in [4.78, 5) is 11.1. The molecule has 0 spiro atoms. The second-order valence-electron chi connectivity index (χ2n) is 3.61. The third-order valence-electron chi connectivity index (χ3n) is 2.43. The van der Waals surface area contributed by atoms with Crippen LogP contribution in [-0.4, -0.2) is 21.3 Å². The number of aromatic nitrogens is 2. The molecule has 5 nitrogen and oxygen atoms in total. The standard InChI is InChI=1S/C11H10ClN3O2/c1-5-9(11(16)17)10(15-14-5)7-4-6(12)2-3-8(7)13/h2-4H,13H2,1H3,(H,14,15)(H,16,17). The zero-order chi connectivity index (χ0) is 12.6. The van der Waals surface area contributed by atoms with Crippen LogP contribution in [0, 0.1) is 6.92 Å². The number of nitrogens with one attached hydrogen (secondary N) is 1. The number of aromatic carboxylic acids is 1. The van der Waals surface area contributed by atoms with Gasteiger partial charge in [0.15, 0.2) is 0 Å². The van der Waals surface area contributed by atoms with E-state index in [2.05, 4.69) is 10.2 Å². The lowest BCUT2D eigenvalue weighted by Gasteiger charge is -2.04. The van der Waals surface area contributed by atoms with Gasteiger partial charge >= 0.3 is 5.97 Å². The summed E-state index contributed by atoms with van der Waals surface area (Å²) in [6.07, 6.45) is 0. The molecule has 6 heteroatoms. The van der Waals surface area contributed by atoms with Gasteiger partial charge in [-0.15, -0.1) is 0 Å². The number of hydrogen-bond donors (Lipinski definition) is 3. The highest BCUT2D eigenvalue weighted by Gasteiger charge is 2.20. The number of rotatable bonds is 2. The topological polar surface area (TPSA) is 92.0 Å². The third kappa shape index (κ3) is 1.97. The number of benzene rings is 1. The molecule has 0 saturated heterocycles. The van der Waals surface area contributed by atoms with Crippen LogP contribution in [0.25, 0.3) is 11.3 Å². The molecule has 0 aliphatic rings. The number of nitrogens with zero attached hydrogens (tertiary/aromatic N) is 1. The molecule has 4 N–H and O–H groups in total. The summed E-state index contributed by atoms with van der Waals surface area (Å²) >= 11 is 5.86. The van der Waals surface area contributed by atoms with Gasteiger partial charge in [-0.1, -0.05) is 11.6 Å². The van der Waals surface area contributed by atoms with Crippen molar-refractivity contribution < 1.29 is 9.90 Å². The molecule has 0 unspecified atom stereocenters. The van der Waals surface area contributed by atoms with Crippen LogP contribution < -0.4 is 5.73 Å². The van der Waals surface area contributed by atoms with Crippen molar-refractivity contribution in [2.24, 2.45) is 0 Å². The smallest absolute Gasteiger partial charge is 0.339 e. The first-order valence-corrected chi connectivity index (χ1v) is 5.22. The number of hydrogen-bond acceptors (Lipinski definition) is 3. The molecule has 0 saturated carbocycles. The molecule has 88 valence electrons. The fourth-order valence-corrected chi connectivity index (χ4v) is 1.79. The number of carboxylic acid groups (broad SMARTS) is 1. The average molecular weight is 252 g/mol. The molecule has 0 bridgehead atoms. The van der Waals surface area contributed by atoms with Crippen molar-refractivity contribution in [2.75, 3.05) is 5.73 Å². The Morgan fingerprint density at radius 2 is 2.24 bits per heavy atom. The molecule has 1 heterocycles. The van der Waals surface area contributed by atoms with Crippen LogP contribution in [0.5, 0.6) is 0 Å². The van der Waals surface area contributed by atoms with E-state index >= 15 is 0 Å². The van der Waals surface area contributed by atoms with Gasteiger partial charge in [-0.25, -0.2) is 4.79 Å². The molecule has 0 aliphatic heterocycles. The van der Waals surface area contributed by atoms with Crippen LogP contribution in [0.1, 0.15) is 16.1 Å². The minimum Gasteiger partial charge on any atom is -0.478 e. The van der Waals surface area contributed by atoms with Gasteiger partial charge in [-0.3, -0.25) is 5.10 Å². The first-order valence-electron chi connectivity index (χ1n) is 4.84. The molecule has 0 atom stereocenters. The summed E-state index contributed by atoms with van der Waals surface area (Å²) in [5, 5.41) is 16.2. The van der Waals surface area contributed by atoms with Crippen LogP contribution in [0.4, 0.5) is 5.69 Å². The van der Waals surface area contributed by atoms with Gasteiger partial charge in [-0.05, 0) is 25.1 Å². The van der Waals surface area contributed by atoms with Gasteiger partial charge in [-0.2, -0.15) is 5.10 Å². The minimum atomic E-state index is -1.05. The van der Waals surface area contributed by atoms with Crippen LogP contribution in [0.2, 0.25) is 5.02 Å². The summed E-state index contributed by atoms with van der Waals surface area (Å²) in [5.41, 5.74) is 7.63. The number of anilines is 1. The molecule has 17 heavy (non-hydrogen) atoms. The molecule has 1 aromatic carbocycles. The Hall–Kier alpha value is -2.01. The summed E-state index contributed by atoms with van der Waals surface area (Å²) in [6.45, 7) is 1.64. The van der Waals surface area contributed by atoms with Crippen LogP contribution in [0.15, 0.2) is 18.2 Å². The predicted molar refractivity (Wildman–Crippen MR) is 65.1 cm³/mol. The van der Waals surface area contributed by atoms with E-state index in [1.165, 1.54) is 0 Å². The highest BCUT2D eigenvalue weighted by Crippen LogP contribution is 2.30. The number of aromatic amines is 1. The second kappa shape index (κ2) is 4.10. The SMILES string of the molecule is Cc1[nH]nc(-c2cc(Cl)ccc2N)c1C(=O)O. The number of nitrogens with two attached hydrogens (primary N) is 1. The van der Waals surface area contributed by atoms with E-state index in [0.29, 0.717) is 27.7 Å². The Kier molecular flexibility index (Phi) is 2.77. The van der Waals surface area contributed by atoms with Crippen molar-refractivity contribution in [2.45, 2.75) is 6.92 Å². The summed E-state index contributed by atoms with van der Waals surface area (Å²) < 4.78 is 0. The van der Waals surface area contributed by atoms with E-state index in [4.69, 9.17) is 22.4 Å². The molecule has 0 amide bonds. The van der Waals surface area contributed by atoms with Gasteiger partial charge in [0.25, 0.3) is 0 Å². The van der Waals surface area contributed by atoms with E-state index in [1.54, 1.807) is 25.1 Å². The van der Waals surface area contributed by atoms with Gasteiger partial charge in [0.1, 0.15) is 11.3 Å². The Labute approximate surface area is 102 Å². The number of nitrogen functional groups attached to an aromatic ring is 1. The number of aryl methyl sites for hydroxylation is 1.